The van der Waals surface area contributed by atoms with Gasteiger partial charge in [-0.15, -0.1) is 0 Å². The first-order chi connectivity index (χ1) is 9.70. The number of halogens is 1. The van der Waals surface area contributed by atoms with Crippen LogP contribution in [0.25, 0.3) is 0 Å². The molecule has 0 bridgehead atoms. The Bertz CT molecular complexity index is 539. The van der Waals surface area contributed by atoms with Crippen LogP contribution in [0.3, 0.4) is 0 Å². The van der Waals surface area contributed by atoms with E-state index in [4.69, 9.17) is 0 Å². The van der Waals surface area contributed by atoms with Crippen LogP contribution >= 0.6 is 15.9 Å². The Morgan fingerprint density at radius 1 is 1.10 bits per heavy atom. The number of phenolic OH excluding ortho intramolecular Hbond substituents is 1. The first-order valence-corrected chi connectivity index (χ1v) is 7.75. The van der Waals surface area contributed by atoms with Crippen molar-refractivity contribution in [1.29, 1.82) is 0 Å². The van der Waals surface area contributed by atoms with Crippen LogP contribution in [0.1, 0.15) is 30.5 Å². The predicted molar refractivity (Wildman–Crippen MR) is 87.0 cm³/mol. The summed E-state index contributed by atoms with van der Waals surface area (Å²) < 4.78 is 1.13. The molecule has 0 aliphatic rings. The molecule has 2 rings (SSSR count). The summed E-state index contributed by atoms with van der Waals surface area (Å²) >= 11 is 3.63. The Balaban J connectivity index is 2.19. The molecule has 2 aromatic carbocycles. The molecule has 0 fully saturated rings. The average Bonchev–Trinajstić information content (AvgIpc) is 2.46. The molecule has 1 unspecified atom stereocenters. The minimum Gasteiger partial charge on any atom is -0.508 e. The number of aromatic hydroxyl groups is 1. The van der Waals surface area contributed by atoms with Gasteiger partial charge < -0.3 is 10.4 Å². The van der Waals surface area contributed by atoms with Gasteiger partial charge >= 0.3 is 0 Å². The molecule has 0 radical (unpaired) electrons. The summed E-state index contributed by atoms with van der Waals surface area (Å²) in [7, 11) is 0. The maximum atomic E-state index is 9.37. The maximum absolute atomic E-state index is 9.37. The fourth-order valence-electron chi connectivity index (χ4n) is 2.24. The van der Waals surface area contributed by atoms with Gasteiger partial charge in [0.2, 0.25) is 0 Å². The van der Waals surface area contributed by atoms with Crippen molar-refractivity contribution in [2.45, 2.75) is 25.8 Å². The second-order valence-electron chi connectivity index (χ2n) is 4.90. The predicted octanol–water partition coefficient (Wildman–Crippen LogP) is 4.44. The van der Waals surface area contributed by atoms with Crippen LogP contribution in [-0.2, 0) is 6.42 Å². The highest BCUT2D eigenvalue weighted by Gasteiger charge is 2.14. The molecule has 2 N–H and O–H groups in total. The van der Waals surface area contributed by atoms with Crippen LogP contribution in [0.15, 0.2) is 53.0 Å². The standard InChI is InChI=1S/C17H20BrNO/c1-2-11-19-17(15-5-3-4-6-16(15)18)12-13-7-9-14(20)10-8-13/h3-10,17,19-20H,2,11-12H2,1H3. The van der Waals surface area contributed by atoms with E-state index in [9.17, 15) is 5.11 Å². The van der Waals surface area contributed by atoms with Crippen LogP contribution in [0.2, 0.25) is 0 Å². The number of phenols is 1. The van der Waals surface area contributed by atoms with Gasteiger partial charge in [-0.1, -0.05) is 53.2 Å². The normalized spacial score (nSPS) is 12.3. The van der Waals surface area contributed by atoms with Crippen LogP contribution in [-0.4, -0.2) is 11.7 Å². The summed E-state index contributed by atoms with van der Waals surface area (Å²) in [5.74, 6) is 0.313. The van der Waals surface area contributed by atoms with Crippen LogP contribution in [0, 0.1) is 0 Å². The molecule has 20 heavy (non-hydrogen) atoms. The van der Waals surface area contributed by atoms with Gasteiger partial charge in [-0.3, -0.25) is 0 Å². The van der Waals surface area contributed by atoms with E-state index >= 15 is 0 Å². The lowest BCUT2D eigenvalue weighted by Crippen LogP contribution is -2.24. The van der Waals surface area contributed by atoms with E-state index < -0.39 is 0 Å². The third-order valence-electron chi connectivity index (χ3n) is 3.30. The van der Waals surface area contributed by atoms with Gasteiger partial charge in [-0.25, -0.2) is 0 Å². The third-order valence-corrected chi connectivity index (χ3v) is 4.02. The minimum absolute atomic E-state index is 0.273. The van der Waals surface area contributed by atoms with Crippen molar-refractivity contribution in [3.63, 3.8) is 0 Å². The first kappa shape index (κ1) is 15.1. The van der Waals surface area contributed by atoms with Crippen molar-refractivity contribution in [1.82, 2.24) is 5.32 Å². The minimum atomic E-state index is 0.273. The maximum Gasteiger partial charge on any atom is 0.115 e. The highest BCUT2D eigenvalue weighted by atomic mass is 79.9. The van der Waals surface area contributed by atoms with Crippen LogP contribution < -0.4 is 5.32 Å². The summed E-state index contributed by atoms with van der Waals surface area (Å²) in [6, 6.07) is 16.0. The van der Waals surface area contributed by atoms with Gasteiger partial charge in [-0.05, 0) is 48.7 Å². The fraction of sp³-hybridized carbons (Fsp3) is 0.294. The summed E-state index contributed by atoms with van der Waals surface area (Å²) in [5.41, 5.74) is 2.49. The SMILES string of the molecule is CCCNC(Cc1ccc(O)cc1)c1ccccc1Br. The Morgan fingerprint density at radius 2 is 1.80 bits per heavy atom. The zero-order chi connectivity index (χ0) is 14.4. The van der Waals surface area contributed by atoms with Gasteiger partial charge in [0.15, 0.2) is 0 Å². The van der Waals surface area contributed by atoms with E-state index in [1.54, 1.807) is 12.1 Å². The molecular formula is C17H20BrNO. The molecule has 0 saturated heterocycles. The summed E-state index contributed by atoms with van der Waals surface area (Å²) in [6.07, 6.45) is 2.01. The Morgan fingerprint density at radius 3 is 2.45 bits per heavy atom. The Labute approximate surface area is 129 Å². The van der Waals surface area contributed by atoms with Gasteiger partial charge in [0.1, 0.15) is 5.75 Å². The van der Waals surface area contributed by atoms with Crippen molar-refractivity contribution in [2.75, 3.05) is 6.54 Å². The molecule has 1 atom stereocenters. The Kier molecular flexibility index (Phi) is 5.62. The number of rotatable bonds is 6. The Hall–Kier alpha value is -1.32. The molecule has 0 aliphatic carbocycles. The number of hydrogen-bond donors (Lipinski definition) is 2. The van der Waals surface area contributed by atoms with E-state index in [2.05, 4.69) is 46.4 Å². The molecule has 106 valence electrons. The van der Waals surface area contributed by atoms with E-state index in [1.807, 2.05) is 18.2 Å². The summed E-state index contributed by atoms with van der Waals surface area (Å²) in [6.45, 7) is 3.16. The second kappa shape index (κ2) is 7.46. The lowest BCUT2D eigenvalue weighted by Gasteiger charge is -2.20. The molecule has 0 aromatic heterocycles. The van der Waals surface area contributed by atoms with Crippen molar-refractivity contribution in [3.05, 3.63) is 64.1 Å². The van der Waals surface area contributed by atoms with Gasteiger partial charge in [0, 0.05) is 10.5 Å². The van der Waals surface area contributed by atoms with E-state index in [1.165, 1.54) is 11.1 Å². The van der Waals surface area contributed by atoms with Gasteiger partial charge in [0.25, 0.3) is 0 Å². The molecule has 0 saturated carbocycles. The van der Waals surface area contributed by atoms with Crippen molar-refractivity contribution in [2.24, 2.45) is 0 Å². The van der Waals surface area contributed by atoms with Crippen LogP contribution in [0.4, 0.5) is 0 Å². The molecular weight excluding hydrogens is 314 g/mol. The summed E-state index contributed by atoms with van der Waals surface area (Å²) in [4.78, 5) is 0. The highest BCUT2D eigenvalue weighted by Crippen LogP contribution is 2.26. The van der Waals surface area contributed by atoms with E-state index in [-0.39, 0.29) is 6.04 Å². The van der Waals surface area contributed by atoms with Crippen molar-refractivity contribution >= 4 is 15.9 Å². The summed E-state index contributed by atoms with van der Waals surface area (Å²) in [5, 5.41) is 13.0. The molecule has 0 amide bonds. The van der Waals surface area contributed by atoms with Gasteiger partial charge in [-0.2, -0.15) is 0 Å². The molecule has 2 nitrogen and oxygen atoms in total. The van der Waals surface area contributed by atoms with Crippen molar-refractivity contribution in [3.8, 4) is 5.75 Å². The number of nitrogens with one attached hydrogen (secondary N) is 1. The molecule has 3 heteroatoms. The number of hydrogen-bond acceptors (Lipinski definition) is 2. The quantitative estimate of drug-likeness (QED) is 0.819. The van der Waals surface area contributed by atoms with E-state index in [0.29, 0.717) is 5.75 Å². The largest absolute Gasteiger partial charge is 0.508 e. The topological polar surface area (TPSA) is 32.3 Å². The number of benzene rings is 2. The van der Waals surface area contributed by atoms with E-state index in [0.717, 1.165) is 23.9 Å². The zero-order valence-electron chi connectivity index (χ0n) is 11.6. The fourth-order valence-corrected chi connectivity index (χ4v) is 2.80. The molecule has 0 aliphatic heterocycles. The van der Waals surface area contributed by atoms with Crippen molar-refractivity contribution < 1.29 is 5.11 Å². The zero-order valence-corrected chi connectivity index (χ0v) is 13.2. The van der Waals surface area contributed by atoms with Gasteiger partial charge in [0.05, 0.1) is 0 Å². The smallest absolute Gasteiger partial charge is 0.115 e. The van der Waals surface area contributed by atoms with Crippen LogP contribution in [0.5, 0.6) is 5.75 Å². The lowest BCUT2D eigenvalue weighted by atomic mass is 9.98. The first-order valence-electron chi connectivity index (χ1n) is 6.96. The highest BCUT2D eigenvalue weighted by molar-refractivity contribution is 9.10. The average molecular weight is 334 g/mol. The molecule has 0 spiro atoms. The third kappa shape index (κ3) is 4.09. The molecule has 2 aromatic rings. The second-order valence-corrected chi connectivity index (χ2v) is 5.75. The lowest BCUT2D eigenvalue weighted by molar-refractivity contribution is 0.474. The molecule has 0 heterocycles. The monoisotopic (exact) mass is 333 g/mol.